The molecule has 0 radical (unpaired) electrons. The first-order valence-electron chi connectivity index (χ1n) is 7.02. The van der Waals surface area contributed by atoms with Gasteiger partial charge < -0.3 is 4.74 Å². The third-order valence-electron chi connectivity index (χ3n) is 3.93. The van der Waals surface area contributed by atoms with Crippen molar-refractivity contribution < 1.29 is 9.53 Å². The molecule has 0 unspecified atom stereocenters. The Kier molecular flexibility index (Phi) is 6.31. The van der Waals surface area contributed by atoms with Gasteiger partial charge in [-0.1, -0.05) is 51.5 Å². The second-order valence-corrected chi connectivity index (χ2v) is 4.99. The van der Waals surface area contributed by atoms with E-state index >= 15 is 0 Å². The van der Waals surface area contributed by atoms with Gasteiger partial charge in [0.1, 0.15) is 0 Å². The Morgan fingerprint density at radius 2 is 1.71 bits per heavy atom. The lowest BCUT2D eigenvalue weighted by atomic mass is 9.83. The molecule has 2 nitrogen and oxygen atoms in total. The van der Waals surface area contributed by atoms with Crippen LogP contribution in [0.15, 0.2) is 11.1 Å². The lowest BCUT2D eigenvalue weighted by molar-refractivity contribution is -0.136. The van der Waals surface area contributed by atoms with Gasteiger partial charge in [0.25, 0.3) is 0 Å². The Morgan fingerprint density at radius 1 is 1.12 bits per heavy atom. The van der Waals surface area contributed by atoms with Gasteiger partial charge in [-0.05, 0) is 25.2 Å². The minimum atomic E-state index is -0.103. The predicted octanol–water partition coefficient (Wildman–Crippen LogP) is 4.25. The summed E-state index contributed by atoms with van der Waals surface area (Å²) in [4.78, 5) is 11.9. The van der Waals surface area contributed by atoms with Gasteiger partial charge in [0, 0.05) is 5.57 Å². The first kappa shape index (κ1) is 14.3. The Morgan fingerprint density at radius 3 is 2.18 bits per heavy atom. The average molecular weight is 238 g/mol. The zero-order valence-corrected chi connectivity index (χ0v) is 11.6. The van der Waals surface area contributed by atoms with Gasteiger partial charge in [-0.25, -0.2) is 4.79 Å². The van der Waals surface area contributed by atoms with Crippen molar-refractivity contribution in [2.75, 3.05) is 7.11 Å². The largest absolute Gasteiger partial charge is 0.466 e. The van der Waals surface area contributed by atoms with Gasteiger partial charge in [0.05, 0.1) is 7.11 Å². The van der Waals surface area contributed by atoms with Crippen LogP contribution in [0.25, 0.3) is 0 Å². The number of esters is 1. The Bertz CT molecular complexity index is 267. The van der Waals surface area contributed by atoms with E-state index in [1.165, 1.54) is 44.8 Å². The lowest BCUT2D eigenvalue weighted by Crippen LogP contribution is -2.14. The van der Waals surface area contributed by atoms with E-state index in [2.05, 4.69) is 13.8 Å². The molecule has 1 aliphatic carbocycles. The summed E-state index contributed by atoms with van der Waals surface area (Å²) in [5.41, 5.74) is 2.24. The van der Waals surface area contributed by atoms with E-state index in [9.17, 15) is 4.79 Å². The highest BCUT2D eigenvalue weighted by atomic mass is 16.5. The number of carbonyl (C=O) groups excluding carboxylic acids is 1. The van der Waals surface area contributed by atoms with Gasteiger partial charge in [-0.15, -0.1) is 0 Å². The maximum Gasteiger partial charge on any atom is 0.333 e. The second-order valence-electron chi connectivity index (χ2n) is 4.99. The predicted molar refractivity (Wildman–Crippen MR) is 70.8 cm³/mol. The zero-order chi connectivity index (χ0) is 12.7. The zero-order valence-electron chi connectivity index (χ0n) is 11.6. The van der Waals surface area contributed by atoms with Crippen LogP contribution in [-0.2, 0) is 9.53 Å². The van der Waals surface area contributed by atoms with Crippen molar-refractivity contribution >= 4 is 5.97 Å². The summed E-state index contributed by atoms with van der Waals surface area (Å²) in [7, 11) is 1.49. The summed E-state index contributed by atoms with van der Waals surface area (Å²) in [6.07, 6.45) is 9.44. The Hall–Kier alpha value is -0.790. The number of methoxy groups -OCH3 is 1. The minimum Gasteiger partial charge on any atom is -0.466 e. The number of hydrogen-bond acceptors (Lipinski definition) is 2. The fourth-order valence-corrected chi connectivity index (χ4v) is 2.85. The number of rotatable bonds is 5. The van der Waals surface area contributed by atoms with Crippen LogP contribution in [0.3, 0.4) is 0 Å². The molecule has 0 amide bonds. The summed E-state index contributed by atoms with van der Waals surface area (Å²) in [6.45, 7) is 4.26. The number of hydrogen-bond donors (Lipinski definition) is 0. The number of allylic oxidation sites excluding steroid dienone is 1. The molecule has 2 heteroatoms. The molecular formula is C15H26O2. The van der Waals surface area contributed by atoms with Crippen molar-refractivity contribution in [3.05, 3.63) is 11.1 Å². The standard InChI is InChI=1S/C15H26O2/c1-4-13(5-2)14(15(16)17-3)11-12-9-7-6-8-10-12/h12H,4-11H2,1-3H3. The molecule has 0 aromatic rings. The van der Waals surface area contributed by atoms with E-state index < -0.39 is 0 Å². The Labute approximate surface area is 105 Å². The van der Waals surface area contributed by atoms with Gasteiger partial charge >= 0.3 is 5.97 Å². The molecule has 0 aromatic heterocycles. The molecule has 0 N–H and O–H groups in total. The van der Waals surface area contributed by atoms with Crippen molar-refractivity contribution in [3.8, 4) is 0 Å². The molecule has 0 spiro atoms. The monoisotopic (exact) mass is 238 g/mol. The van der Waals surface area contributed by atoms with Crippen molar-refractivity contribution in [2.45, 2.75) is 65.2 Å². The lowest BCUT2D eigenvalue weighted by Gasteiger charge is -2.23. The molecule has 1 fully saturated rings. The molecule has 0 bridgehead atoms. The van der Waals surface area contributed by atoms with Gasteiger partial charge in [0.2, 0.25) is 0 Å². The highest BCUT2D eigenvalue weighted by Gasteiger charge is 2.21. The van der Waals surface area contributed by atoms with Gasteiger partial charge in [-0.2, -0.15) is 0 Å². The van der Waals surface area contributed by atoms with E-state index in [4.69, 9.17) is 4.74 Å². The quantitative estimate of drug-likeness (QED) is 0.529. The first-order valence-corrected chi connectivity index (χ1v) is 7.02. The van der Waals surface area contributed by atoms with Crippen molar-refractivity contribution in [1.29, 1.82) is 0 Å². The van der Waals surface area contributed by atoms with Crippen LogP contribution in [0, 0.1) is 5.92 Å². The highest BCUT2D eigenvalue weighted by molar-refractivity contribution is 5.89. The number of carbonyl (C=O) groups is 1. The summed E-state index contributed by atoms with van der Waals surface area (Å²) in [5, 5.41) is 0. The third-order valence-corrected chi connectivity index (χ3v) is 3.93. The minimum absolute atomic E-state index is 0.103. The van der Waals surface area contributed by atoms with Gasteiger partial charge in [0.15, 0.2) is 0 Å². The van der Waals surface area contributed by atoms with Crippen molar-refractivity contribution in [2.24, 2.45) is 5.92 Å². The van der Waals surface area contributed by atoms with Gasteiger partial charge in [-0.3, -0.25) is 0 Å². The molecule has 17 heavy (non-hydrogen) atoms. The molecule has 98 valence electrons. The molecule has 0 atom stereocenters. The molecule has 0 saturated heterocycles. The smallest absolute Gasteiger partial charge is 0.333 e. The van der Waals surface area contributed by atoms with Crippen LogP contribution in [0.4, 0.5) is 0 Å². The maximum atomic E-state index is 11.9. The highest BCUT2D eigenvalue weighted by Crippen LogP contribution is 2.31. The van der Waals surface area contributed by atoms with E-state index in [0.717, 1.165) is 24.8 Å². The summed E-state index contributed by atoms with van der Waals surface area (Å²) >= 11 is 0. The average Bonchev–Trinajstić information content (AvgIpc) is 2.39. The van der Waals surface area contributed by atoms with Crippen LogP contribution in [0.5, 0.6) is 0 Å². The van der Waals surface area contributed by atoms with E-state index in [1.807, 2.05) is 0 Å². The molecule has 1 saturated carbocycles. The third kappa shape index (κ3) is 4.18. The SMILES string of the molecule is CCC(CC)=C(CC1CCCCC1)C(=O)OC. The molecule has 0 heterocycles. The normalized spacial score (nSPS) is 16.6. The van der Waals surface area contributed by atoms with E-state index in [-0.39, 0.29) is 5.97 Å². The molecule has 1 rings (SSSR count). The molecule has 0 aromatic carbocycles. The Balaban J connectivity index is 2.75. The van der Waals surface area contributed by atoms with Crippen molar-refractivity contribution in [3.63, 3.8) is 0 Å². The van der Waals surface area contributed by atoms with Crippen LogP contribution < -0.4 is 0 Å². The summed E-state index contributed by atoms with van der Waals surface area (Å²) in [5.74, 6) is 0.597. The number of ether oxygens (including phenoxy) is 1. The van der Waals surface area contributed by atoms with Crippen LogP contribution in [0.1, 0.15) is 65.2 Å². The summed E-state index contributed by atoms with van der Waals surface area (Å²) in [6, 6.07) is 0. The fourth-order valence-electron chi connectivity index (χ4n) is 2.85. The van der Waals surface area contributed by atoms with Crippen LogP contribution in [-0.4, -0.2) is 13.1 Å². The molecular weight excluding hydrogens is 212 g/mol. The van der Waals surface area contributed by atoms with E-state index in [1.54, 1.807) is 0 Å². The fraction of sp³-hybridized carbons (Fsp3) is 0.800. The summed E-state index contributed by atoms with van der Waals surface area (Å²) < 4.78 is 4.94. The van der Waals surface area contributed by atoms with Crippen LogP contribution >= 0.6 is 0 Å². The van der Waals surface area contributed by atoms with E-state index in [0.29, 0.717) is 5.92 Å². The molecule has 0 aliphatic heterocycles. The van der Waals surface area contributed by atoms with Crippen molar-refractivity contribution in [1.82, 2.24) is 0 Å². The molecule has 1 aliphatic rings. The first-order chi connectivity index (χ1) is 8.22. The maximum absolute atomic E-state index is 11.9. The second kappa shape index (κ2) is 7.52. The topological polar surface area (TPSA) is 26.3 Å². The van der Waals surface area contributed by atoms with Crippen LogP contribution in [0.2, 0.25) is 0 Å².